The Morgan fingerprint density at radius 1 is 1.07 bits per heavy atom. The van der Waals surface area contributed by atoms with Crippen molar-refractivity contribution in [1.82, 2.24) is 19.9 Å². The molecule has 9 heteroatoms. The number of sulfone groups is 1. The predicted octanol–water partition coefficient (Wildman–Crippen LogP) is 2.92. The smallest absolute Gasteiger partial charge is 0.192 e. The first kappa shape index (κ1) is 17.0. The van der Waals surface area contributed by atoms with Crippen molar-refractivity contribution in [3.8, 4) is 28.8 Å². The van der Waals surface area contributed by atoms with Gasteiger partial charge in [-0.3, -0.25) is 4.98 Å². The number of nitrogens with one attached hydrogen (secondary N) is 1. The number of ether oxygens (including phenoxy) is 1. The summed E-state index contributed by atoms with van der Waals surface area (Å²) in [5.41, 5.74) is 1.62. The molecule has 0 spiro atoms. The number of fused-ring (bicyclic) bond motifs is 1. The highest BCUT2D eigenvalue weighted by Crippen LogP contribution is 2.32. The Hall–Kier alpha value is -3.46. The van der Waals surface area contributed by atoms with Gasteiger partial charge in [-0.05, 0) is 24.3 Å². The zero-order valence-electron chi connectivity index (χ0n) is 14.1. The standard InChI is InChI=1S/C18H14N4O4S/c1-27(24,25)16-6-5-11(10-20-16)26-12-8-14-17(15(23)9-12)22-18(21-14)13-4-2-3-7-19-13/h2-10,23H,1H3,(H,21,22). The average Bonchev–Trinajstić information content (AvgIpc) is 3.07. The van der Waals surface area contributed by atoms with E-state index in [1.165, 1.54) is 24.4 Å². The highest BCUT2D eigenvalue weighted by atomic mass is 32.2. The van der Waals surface area contributed by atoms with Gasteiger partial charge in [-0.2, -0.15) is 0 Å². The molecule has 3 aromatic heterocycles. The van der Waals surface area contributed by atoms with Crippen molar-refractivity contribution in [1.29, 1.82) is 0 Å². The van der Waals surface area contributed by atoms with Crippen LogP contribution in [0.25, 0.3) is 22.6 Å². The van der Waals surface area contributed by atoms with Gasteiger partial charge in [-0.1, -0.05) is 6.07 Å². The summed E-state index contributed by atoms with van der Waals surface area (Å²) in [4.78, 5) is 15.6. The first-order chi connectivity index (χ1) is 12.9. The minimum atomic E-state index is -3.38. The highest BCUT2D eigenvalue weighted by molar-refractivity contribution is 7.90. The second-order valence-corrected chi connectivity index (χ2v) is 7.81. The van der Waals surface area contributed by atoms with Crippen molar-refractivity contribution < 1.29 is 18.3 Å². The third-order valence-electron chi connectivity index (χ3n) is 3.77. The number of aromatic amines is 1. The van der Waals surface area contributed by atoms with Crippen molar-refractivity contribution in [3.05, 3.63) is 54.9 Å². The lowest BCUT2D eigenvalue weighted by atomic mass is 10.3. The van der Waals surface area contributed by atoms with Crippen LogP contribution < -0.4 is 4.74 Å². The van der Waals surface area contributed by atoms with E-state index >= 15 is 0 Å². The molecule has 0 aliphatic rings. The number of rotatable bonds is 4. The molecule has 2 N–H and O–H groups in total. The van der Waals surface area contributed by atoms with E-state index in [0.29, 0.717) is 34.1 Å². The second-order valence-electron chi connectivity index (χ2n) is 5.85. The molecule has 4 aromatic rings. The summed E-state index contributed by atoms with van der Waals surface area (Å²) in [6, 6.07) is 11.4. The van der Waals surface area contributed by atoms with Gasteiger partial charge in [-0.15, -0.1) is 0 Å². The van der Waals surface area contributed by atoms with Crippen LogP contribution in [-0.4, -0.2) is 39.7 Å². The maximum absolute atomic E-state index is 11.5. The van der Waals surface area contributed by atoms with Gasteiger partial charge in [0, 0.05) is 24.6 Å². The van der Waals surface area contributed by atoms with Crippen LogP contribution in [0.4, 0.5) is 0 Å². The fourth-order valence-electron chi connectivity index (χ4n) is 2.54. The molecule has 0 unspecified atom stereocenters. The van der Waals surface area contributed by atoms with E-state index in [4.69, 9.17) is 4.74 Å². The minimum absolute atomic E-state index is 0.0401. The molecule has 0 saturated heterocycles. The first-order valence-corrected chi connectivity index (χ1v) is 9.77. The number of hydrogen-bond donors (Lipinski definition) is 2. The molecule has 0 aliphatic carbocycles. The molecular weight excluding hydrogens is 368 g/mol. The number of pyridine rings is 2. The molecule has 8 nitrogen and oxygen atoms in total. The van der Waals surface area contributed by atoms with Crippen molar-refractivity contribution in [2.75, 3.05) is 6.26 Å². The molecule has 136 valence electrons. The molecule has 3 heterocycles. The Kier molecular flexibility index (Phi) is 4.00. The van der Waals surface area contributed by atoms with E-state index in [0.717, 1.165) is 6.26 Å². The van der Waals surface area contributed by atoms with E-state index in [-0.39, 0.29) is 10.8 Å². The predicted molar refractivity (Wildman–Crippen MR) is 98.4 cm³/mol. The summed E-state index contributed by atoms with van der Waals surface area (Å²) < 4.78 is 28.6. The lowest BCUT2D eigenvalue weighted by molar-refractivity contribution is 0.458. The summed E-state index contributed by atoms with van der Waals surface area (Å²) in [6.45, 7) is 0. The lowest BCUT2D eigenvalue weighted by Crippen LogP contribution is -1.99. The van der Waals surface area contributed by atoms with Crippen molar-refractivity contribution in [2.45, 2.75) is 5.03 Å². The summed E-state index contributed by atoms with van der Waals surface area (Å²) in [5.74, 6) is 1.16. The molecule has 0 radical (unpaired) electrons. The van der Waals surface area contributed by atoms with E-state index in [1.54, 1.807) is 24.4 Å². The number of aromatic hydroxyl groups is 1. The number of nitrogens with zero attached hydrogens (tertiary/aromatic N) is 3. The Labute approximate surface area is 154 Å². The van der Waals surface area contributed by atoms with Gasteiger partial charge < -0.3 is 14.8 Å². The zero-order chi connectivity index (χ0) is 19.0. The monoisotopic (exact) mass is 382 g/mol. The Morgan fingerprint density at radius 3 is 2.59 bits per heavy atom. The second kappa shape index (κ2) is 6.36. The topological polar surface area (TPSA) is 118 Å². The van der Waals surface area contributed by atoms with Crippen molar-refractivity contribution in [3.63, 3.8) is 0 Å². The number of H-pyrrole nitrogens is 1. The number of imidazole rings is 1. The molecule has 0 amide bonds. The van der Waals surface area contributed by atoms with Gasteiger partial charge in [0.1, 0.15) is 28.5 Å². The van der Waals surface area contributed by atoms with Gasteiger partial charge in [-0.25, -0.2) is 18.4 Å². The van der Waals surface area contributed by atoms with Crippen LogP contribution >= 0.6 is 0 Å². The minimum Gasteiger partial charge on any atom is -0.505 e. The third-order valence-corrected chi connectivity index (χ3v) is 4.77. The first-order valence-electron chi connectivity index (χ1n) is 7.88. The summed E-state index contributed by atoms with van der Waals surface area (Å²) in [7, 11) is -3.38. The number of hydrogen-bond acceptors (Lipinski definition) is 7. The third kappa shape index (κ3) is 3.44. The maximum Gasteiger partial charge on any atom is 0.192 e. The van der Waals surface area contributed by atoms with Gasteiger partial charge in [0.05, 0.1) is 11.7 Å². The van der Waals surface area contributed by atoms with Crippen LogP contribution in [-0.2, 0) is 9.84 Å². The van der Waals surface area contributed by atoms with Crippen LogP contribution in [0, 0.1) is 0 Å². The molecule has 0 saturated carbocycles. The molecular formula is C18H14N4O4S. The largest absolute Gasteiger partial charge is 0.505 e. The van der Waals surface area contributed by atoms with Crippen LogP contribution in [0.15, 0.2) is 59.9 Å². The molecule has 0 atom stereocenters. The molecule has 27 heavy (non-hydrogen) atoms. The molecule has 4 rings (SSSR count). The quantitative estimate of drug-likeness (QED) is 0.557. The Balaban J connectivity index is 1.67. The highest BCUT2D eigenvalue weighted by Gasteiger charge is 2.13. The van der Waals surface area contributed by atoms with E-state index in [2.05, 4.69) is 19.9 Å². The molecule has 0 bridgehead atoms. The molecule has 0 aliphatic heterocycles. The number of aromatic nitrogens is 4. The van der Waals surface area contributed by atoms with E-state index in [9.17, 15) is 13.5 Å². The van der Waals surface area contributed by atoms with Crippen LogP contribution in [0.5, 0.6) is 17.2 Å². The molecule has 0 fully saturated rings. The summed E-state index contributed by atoms with van der Waals surface area (Å²) >= 11 is 0. The number of phenols is 1. The lowest BCUT2D eigenvalue weighted by Gasteiger charge is -2.06. The average molecular weight is 382 g/mol. The normalized spacial score (nSPS) is 11.6. The van der Waals surface area contributed by atoms with E-state index in [1.807, 2.05) is 6.07 Å². The van der Waals surface area contributed by atoms with Gasteiger partial charge >= 0.3 is 0 Å². The van der Waals surface area contributed by atoms with Crippen LogP contribution in [0.1, 0.15) is 0 Å². The van der Waals surface area contributed by atoms with Crippen LogP contribution in [0.3, 0.4) is 0 Å². The molecule has 1 aromatic carbocycles. The Bertz CT molecular complexity index is 1220. The summed E-state index contributed by atoms with van der Waals surface area (Å²) in [6.07, 6.45) is 4.05. The zero-order valence-corrected chi connectivity index (χ0v) is 14.9. The van der Waals surface area contributed by atoms with Gasteiger partial charge in [0.25, 0.3) is 0 Å². The van der Waals surface area contributed by atoms with Gasteiger partial charge in [0.15, 0.2) is 20.7 Å². The number of benzene rings is 1. The fraction of sp³-hybridized carbons (Fsp3) is 0.0556. The Morgan fingerprint density at radius 2 is 1.93 bits per heavy atom. The van der Waals surface area contributed by atoms with Crippen molar-refractivity contribution in [2.24, 2.45) is 0 Å². The SMILES string of the molecule is CS(=O)(=O)c1ccc(Oc2cc(O)c3nc(-c4ccccn4)[nH]c3c2)cn1. The van der Waals surface area contributed by atoms with Crippen LogP contribution in [0.2, 0.25) is 0 Å². The van der Waals surface area contributed by atoms with Gasteiger partial charge in [0.2, 0.25) is 0 Å². The fourth-order valence-corrected chi connectivity index (χ4v) is 3.10. The van der Waals surface area contributed by atoms with E-state index < -0.39 is 9.84 Å². The van der Waals surface area contributed by atoms with Crippen molar-refractivity contribution >= 4 is 20.9 Å². The summed E-state index contributed by atoms with van der Waals surface area (Å²) in [5, 5.41) is 10.2. The maximum atomic E-state index is 11.5. The number of phenolic OH excluding ortho intramolecular Hbond substituents is 1.